The highest BCUT2D eigenvalue weighted by atomic mass is 14.8. The van der Waals surface area contributed by atoms with Crippen molar-refractivity contribution in [3.05, 3.63) is 35.4 Å². The van der Waals surface area contributed by atoms with Gasteiger partial charge in [0, 0.05) is 11.5 Å². The standard InChI is InChI=1S/C12H15N/c13-11-8-12(11)7-3-5-9-4-1-2-6-10(9)12/h1-2,4,6,11H,3,5,7-8,13H2/t11-,12+/m0/s1. The fourth-order valence-corrected chi connectivity index (χ4v) is 2.88. The topological polar surface area (TPSA) is 26.0 Å². The van der Waals surface area contributed by atoms with Crippen LogP contribution in [0.25, 0.3) is 0 Å². The van der Waals surface area contributed by atoms with Gasteiger partial charge in [0.1, 0.15) is 0 Å². The molecule has 1 nitrogen and oxygen atoms in total. The molecular formula is C12H15N. The molecule has 0 unspecified atom stereocenters. The molecule has 0 aromatic heterocycles. The van der Waals surface area contributed by atoms with Crippen LogP contribution in [0.1, 0.15) is 30.4 Å². The highest BCUT2D eigenvalue weighted by Gasteiger charge is 2.54. The van der Waals surface area contributed by atoms with Gasteiger partial charge in [0.05, 0.1) is 0 Å². The largest absolute Gasteiger partial charge is 0.327 e. The van der Waals surface area contributed by atoms with Crippen LogP contribution in [0.15, 0.2) is 24.3 Å². The minimum atomic E-state index is 0.398. The SMILES string of the molecule is N[C@H]1C[C@@]12CCCc1ccccc12. The van der Waals surface area contributed by atoms with Gasteiger partial charge in [0.2, 0.25) is 0 Å². The number of rotatable bonds is 0. The van der Waals surface area contributed by atoms with Crippen LogP contribution in [0.4, 0.5) is 0 Å². The highest BCUT2D eigenvalue weighted by Crippen LogP contribution is 2.54. The van der Waals surface area contributed by atoms with Crippen LogP contribution in [0.3, 0.4) is 0 Å². The lowest BCUT2D eigenvalue weighted by Gasteiger charge is -2.25. The molecule has 1 heteroatoms. The molecule has 2 atom stereocenters. The van der Waals surface area contributed by atoms with Crippen LogP contribution in [-0.4, -0.2) is 6.04 Å². The van der Waals surface area contributed by atoms with Gasteiger partial charge in [0.15, 0.2) is 0 Å². The number of aryl methyl sites for hydroxylation is 1. The Bertz CT molecular complexity index is 345. The third-order valence-electron chi connectivity index (χ3n) is 3.76. The summed E-state index contributed by atoms with van der Waals surface area (Å²) in [5.41, 5.74) is 9.54. The van der Waals surface area contributed by atoms with E-state index in [9.17, 15) is 0 Å². The van der Waals surface area contributed by atoms with E-state index in [0.29, 0.717) is 11.5 Å². The maximum Gasteiger partial charge on any atom is 0.0146 e. The Hall–Kier alpha value is -0.820. The van der Waals surface area contributed by atoms with Crippen molar-refractivity contribution in [2.24, 2.45) is 5.73 Å². The predicted molar refractivity (Wildman–Crippen MR) is 53.7 cm³/mol. The molecule has 2 aliphatic rings. The molecule has 2 N–H and O–H groups in total. The highest BCUT2D eigenvalue weighted by molar-refractivity contribution is 5.43. The molecule has 0 saturated heterocycles. The normalized spacial score (nSPS) is 35.9. The second-order valence-corrected chi connectivity index (χ2v) is 4.48. The first-order chi connectivity index (χ1) is 6.33. The van der Waals surface area contributed by atoms with E-state index in [1.165, 1.54) is 25.7 Å². The van der Waals surface area contributed by atoms with Crippen molar-refractivity contribution in [3.8, 4) is 0 Å². The van der Waals surface area contributed by atoms with Crippen molar-refractivity contribution in [2.75, 3.05) is 0 Å². The van der Waals surface area contributed by atoms with Crippen molar-refractivity contribution in [1.82, 2.24) is 0 Å². The molecule has 1 saturated carbocycles. The first kappa shape index (κ1) is 7.57. The molecule has 1 aromatic carbocycles. The third kappa shape index (κ3) is 0.910. The summed E-state index contributed by atoms with van der Waals surface area (Å²) in [4.78, 5) is 0. The lowest BCUT2D eigenvalue weighted by molar-refractivity contribution is 0.526. The lowest BCUT2D eigenvalue weighted by Crippen LogP contribution is -2.23. The van der Waals surface area contributed by atoms with Crippen molar-refractivity contribution in [2.45, 2.75) is 37.1 Å². The summed E-state index contributed by atoms with van der Waals surface area (Å²) in [6.07, 6.45) is 5.10. The Morgan fingerprint density at radius 1 is 1.31 bits per heavy atom. The van der Waals surface area contributed by atoms with Crippen molar-refractivity contribution in [1.29, 1.82) is 0 Å². The van der Waals surface area contributed by atoms with Crippen molar-refractivity contribution >= 4 is 0 Å². The Kier molecular flexibility index (Phi) is 1.37. The minimum Gasteiger partial charge on any atom is -0.327 e. The molecule has 3 rings (SSSR count). The van der Waals surface area contributed by atoms with E-state index in [0.717, 1.165) is 0 Å². The van der Waals surface area contributed by atoms with E-state index in [4.69, 9.17) is 5.73 Å². The molecule has 1 spiro atoms. The maximum absolute atomic E-state index is 6.05. The van der Waals surface area contributed by atoms with Crippen LogP contribution in [-0.2, 0) is 11.8 Å². The minimum absolute atomic E-state index is 0.398. The molecule has 13 heavy (non-hydrogen) atoms. The molecule has 1 fully saturated rings. The second kappa shape index (κ2) is 2.36. The number of fused-ring (bicyclic) bond motifs is 2. The average molecular weight is 173 g/mol. The number of hydrogen-bond donors (Lipinski definition) is 1. The molecule has 1 aromatic rings. The summed E-state index contributed by atoms with van der Waals surface area (Å²) in [5, 5.41) is 0. The molecule has 0 bridgehead atoms. The number of nitrogens with two attached hydrogens (primary N) is 1. The van der Waals surface area contributed by atoms with Crippen molar-refractivity contribution in [3.63, 3.8) is 0 Å². The molecule has 68 valence electrons. The summed E-state index contributed by atoms with van der Waals surface area (Å²) in [5.74, 6) is 0. The fraction of sp³-hybridized carbons (Fsp3) is 0.500. The van der Waals surface area contributed by atoms with E-state index in [2.05, 4.69) is 24.3 Å². The van der Waals surface area contributed by atoms with Gasteiger partial charge >= 0.3 is 0 Å². The lowest BCUT2D eigenvalue weighted by atomic mass is 9.80. The van der Waals surface area contributed by atoms with Gasteiger partial charge in [-0.1, -0.05) is 24.3 Å². The van der Waals surface area contributed by atoms with Gasteiger partial charge in [-0.2, -0.15) is 0 Å². The van der Waals surface area contributed by atoms with Crippen LogP contribution in [0, 0.1) is 0 Å². The zero-order chi connectivity index (χ0) is 8.89. The number of benzene rings is 1. The zero-order valence-electron chi connectivity index (χ0n) is 7.79. The molecule has 0 radical (unpaired) electrons. The van der Waals surface area contributed by atoms with E-state index in [1.54, 1.807) is 11.1 Å². The Morgan fingerprint density at radius 2 is 2.08 bits per heavy atom. The molecule has 0 amide bonds. The smallest absolute Gasteiger partial charge is 0.0146 e. The second-order valence-electron chi connectivity index (χ2n) is 4.48. The molecule has 2 aliphatic carbocycles. The predicted octanol–water partition coefficient (Wildman–Crippen LogP) is 1.99. The Morgan fingerprint density at radius 3 is 2.85 bits per heavy atom. The van der Waals surface area contributed by atoms with E-state index in [1.807, 2.05) is 0 Å². The van der Waals surface area contributed by atoms with Gasteiger partial charge in [-0.05, 0) is 36.8 Å². The first-order valence-corrected chi connectivity index (χ1v) is 5.17. The fourth-order valence-electron chi connectivity index (χ4n) is 2.88. The Balaban J connectivity index is 2.13. The molecule has 0 aliphatic heterocycles. The monoisotopic (exact) mass is 173 g/mol. The van der Waals surface area contributed by atoms with Crippen LogP contribution >= 0.6 is 0 Å². The third-order valence-corrected chi connectivity index (χ3v) is 3.76. The number of hydrogen-bond acceptors (Lipinski definition) is 1. The van der Waals surface area contributed by atoms with Gasteiger partial charge in [0.25, 0.3) is 0 Å². The Labute approximate surface area is 78.9 Å². The summed E-state index contributed by atoms with van der Waals surface area (Å²) in [6.45, 7) is 0. The quantitative estimate of drug-likeness (QED) is 0.638. The van der Waals surface area contributed by atoms with Crippen LogP contribution < -0.4 is 5.73 Å². The summed E-state index contributed by atoms with van der Waals surface area (Å²) in [7, 11) is 0. The van der Waals surface area contributed by atoms with Crippen LogP contribution in [0.2, 0.25) is 0 Å². The van der Waals surface area contributed by atoms with Gasteiger partial charge in [-0.25, -0.2) is 0 Å². The summed E-state index contributed by atoms with van der Waals surface area (Å²) >= 11 is 0. The van der Waals surface area contributed by atoms with Gasteiger partial charge in [-0.3, -0.25) is 0 Å². The van der Waals surface area contributed by atoms with E-state index < -0.39 is 0 Å². The first-order valence-electron chi connectivity index (χ1n) is 5.17. The van der Waals surface area contributed by atoms with Gasteiger partial charge in [-0.15, -0.1) is 0 Å². The van der Waals surface area contributed by atoms with E-state index in [-0.39, 0.29) is 0 Å². The maximum atomic E-state index is 6.05. The molecular weight excluding hydrogens is 158 g/mol. The zero-order valence-corrected chi connectivity index (χ0v) is 7.79. The summed E-state index contributed by atoms with van der Waals surface area (Å²) < 4.78 is 0. The molecule has 0 heterocycles. The average Bonchev–Trinajstić information content (AvgIpc) is 2.79. The van der Waals surface area contributed by atoms with Crippen molar-refractivity contribution < 1.29 is 0 Å². The van der Waals surface area contributed by atoms with Gasteiger partial charge < -0.3 is 5.73 Å². The summed E-state index contributed by atoms with van der Waals surface area (Å²) in [6, 6.07) is 9.28. The van der Waals surface area contributed by atoms with E-state index >= 15 is 0 Å². The van der Waals surface area contributed by atoms with Crippen LogP contribution in [0.5, 0.6) is 0 Å².